The largest absolute Gasteiger partial charge is 0.489 e. The average Bonchev–Trinajstić information content (AvgIpc) is 2.85. The van der Waals surface area contributed by atoms with E-state index in [1.807, 2.05) is 18.2 Å². The topological polar surface area (TPSA) is 53.7 Å². The Hall–Kier alpha value is -2.07. The van der Waals surface area contributed by atoms with E-state index in [1.165, 1.54) is 0 Å². The number of benzene rings is 2. The number of nitrogen functional groups attached to an aromatic ring is 1. The Kier molecular flexibility index (Phi) is 3.09. The summed E-state index contributed by atoms with van der Waals surface area (Å²) in [7, 11) is 0. The highest BCUT2D eigenvalue weighted by Gasteiger charge is 2.14. The molecule has 2 aromatic carbocycles. The summed E-state index contributed by atoms with van der Waals surface area (Å²) in [6.45, 7) is 0.557. The molecule has 0 unspecified atom stereocenters. The van der Waals surface area contributed by atoms with Crippen molar-refractivity contribution >= 4 is 17.3 Å². The molecule has 0 atom stereocenters. The Labute approximate surface area is 115 Å². The van der Waals surface area contributed by atoms with Crippen LogP contribution in [-0.2, 0) is 6.61 Å². The fourth-order valence-corrected chi connectivity index (χ4v) is 2.09. The third-order valence-electron chi connectivity index (χ3n) is 2.88. The van der Waals surface area contributed by atoms with Crippen molar-refractivity contribution in [3.05, 3.63) is 47.0 Å². The molecular weight excluding hydrogens is 266 g/mol. The second kappa shape index (κ2) is 4.90. The number of hydrogen-bond acceptors (Lipinski definition) is 4. The molecule has 0 saturated heterocycles. The molecule has 3 rings (SSSR count). The number of fused-ring (bicyclic) bond motifs is 1. The number of hydrogen-bond donors (Lipinski definition) is 1. The Morgan fingerprint density at radius 3 is 2.84 bits per heavy atom. The summed E-state index contributed by atoms with van der Waals surface area (Å²) >= 11 is 6.08. The number of rotatable bonds is 3. The first-order valence-corrected chi connectivity index (χ1v) is 6.17. The van der Waals surface area contributed by atoms with Crippen LogP contribution >= 0.6 is 11.6 Å². The van der Waals surface area contributed by atoms with Crippen molar-refractivity contribution in [2.75, 3.05) is 12.5 Å². The van der Waals surface area contributed by atoms with Crippen molar-refractivity contribution in [1.82, 2.24) is 0 Å². The molecule has 2 N–H and O–H groups in total. The minimum Gasteiger partial charge on any atom is -0.489 e. The van der Waals surface area contributed by atoms with Gasteiger partial charge < -0.3 is 19.9 Å². The van der Waals surface area contributed by atoms with E-state index in [0.29, 0.717) is 28.8 Å². The first kappa shape index (κ1) is 12.0. The molecule has 1 heterocycles. The molecule has 0 aliphatic carbocycles. The van der Waals surface area contributed by atoms with Crippen LogP contribution in [0.4, 0.5) is 5.69 Å². The average molecular weight is 278 g/mol. The Morgan fingerprint density at radius 1 is 1.16 bits per heavy atom. The smallest absolute Gasteiger partial charge is 0.231 e. The van der Waals surface area contributed by atoms with Crippen LogP contribution in [0.5, 0.6) is 17.2 Å². The van der Waals surface area contributed by atoms with Gasteiger partial charge in [-0.15, -0.1) is 0 Å². The minimum absolute atomic E-state index is 0.246. The van der Waals surface area contributed by atoms with Crippen molar-refractivity contribution in [2.45, 2.75) is 6.61 Å². The number of anilines is 1. The van der Waals surface area contributed by atoms with Crippen LogP contribution in [0, 0.1) is 0 Å². The van der Waals surface area contributed by atoms with Gasteiger partial charge in [-0.3, -0.25) is 0 Å². The number of ether oxygens (including phenoxy) is 3. The maximum atomic E-state index is 6.08. The maximum absolute atomic E-state index is 6.08. The summed E-state index contributed by atoms with van der Waals surface area (Å²) < 4.78 is 16.2. The first-order chi connectivity index (χ1) is 9.24. The lowest BCUT2D eigenvalue weighted by Crippen LogP contribution is -2.01. The second-order valence-corrected chi connectivity index (χ2v) is 4.52. The van der Waals surface area contributed by atoms with Gasteiger partial charge >= 0.3 is 0 Å². The quantitative estimate of drug-likeness (QED) is 0.875. The third-order valence-corrected chi connectivity index (χ3v) is 3.24. The zero-order chi connectivity index (χ0) is 13.2. The van der Waals surface area contributed by atoms with Gasteiger partial charge in [0.1, 0.15) is 12.4 Å². The van der Waals surface area contributed by atoms with E-state index in [4.69, 9.17) is 31.5 Å². The molecule has 0 spiro atoms. The van der Waals surface area contributed by atoms with Gasteiger partial charge in [0.25, 0.3) is 0 Å². The van der Waals surface area contributed by atoms with E-state index in [2.05, 4.69) is 0 Å². The third kappa shape index (κ3) is 2.39. The molecule has 19 heavy (non-hydrogen) atoms. The van der Waals surface area contributed by atoms with E-state index in [9.17, 15) is 0 Å². The van der Waals surface area contributed by atoms with Crippen LogP contribution in [0.3, 0.4) is 0 Å². The fourth-order valence-electron chi connectivity index (χ4n) is 1.85. The van der Waals surface area contributed by atoms with Gasteiger partial charge in [-0.2, -0.15) is 0 Å². The summed E-state index contributed by atoms with van der Waals surface area (Å²) in [5.74, 6) is 2.10. The van der Waals surface area contributed by atoms with Gasteiger partial charge in [0.15, 0.2) is 11.5 Å². The molecule has 0 aromatic heterocycles. The molecule has 0 saturated carbocycles. The fraction of sp³-hybridized carbons (Fsp3) is 0.143. The molecule has 5 heteroatoms. The second-order valence-electron chi connectivity index (χ2n) is 4.11. The van der Waals surface area contributed by atoms with Crippen LogP contribution in [0.25, 0.3) is 0 Å². The van der Waals surface area contributed by atoms with Crippen molar-refractivity contribution in [1.29, 1.82) is 0 Å². The molecule has 0 amide bonds. The Balaban J connectivity index is 1.76. The van der Waals surface area contributed by atoms with Crippen molar-refractivity contribution in [3.63, 3.8) is 0 Å². The molecule has 0 radical (unpaired) electrons. The van der Waals surface area contributed by atoms with E-state index in [0.717, 1.165) is 11.3 Å². The Bertz CT molecular complexity index is 595. The zero-order valence-electron chi connectivity index (χ0n) is 10.1. The highest BCUT2D eigenvalue weighted by molar-refractivity contribution is 6.31. The van der Waals surface area contributed by atoms with Crippen LogP contribution < -0.4 is 19.9 Å². The van der Waals surface area contributed by atoms with Crippen molar-refractivity contribution in [2.24, 2.45) is 0 Å². The van der Waals surface area contributed by atoms with Gasteiger partial charge in [0.2, 0.25) is 6.79 Å². The van der Waals surface area contributed by atoms with Gasteiger partial charge in [-0.05, 0) is 24.3 Å². The highest BCUT2D eigenvalue weighted by atomic mass is 35.5. The summed E-state index contributed by atoms with van der Waals surface area (Å²) in [6, 6.07) is 10.8. The predicted octanol–water partition coefficient (Wildman–Crippen LogP) is 3.23. The lowest BCUT2D eigenvalue weighted by atomic mass is 10.2. The molecular formula is C14H12ClNO3. The van der Waals surface area contributed by atoms with E-state index in [-0.39, 0.29) is 6.79 Å². The molecule has 1 aliphatic heterocycles. The van der Waals surface area contributed by atoms with Crippen LogP contribution in [-0.4, -0.2) is 6.79 Å². The summed E-state index contributed by atoms with van der Waals surface area (Å²) in [5, 5.41) is 0.598. The standard InChI is InChI=1S/C14H12ClNO3/c15-11-2-1-3-12(16)10(11)7-17-9-4-5-13-14(6-9)19-8-18-13/h1-6H,7-8,16H2. The van der Waals surface area contributed by atoms with Crippen molar-refractivity contribution < 1.29 is 14.2 Å². The zero-order valence-corrected chi connectivity index (χ0v) is 10.8. The van der Waals surface area contributed by atoms with E-state index < -0.39 is 0 Å². The molecule has 98 valence electrons. The van der Waals surface area contributed by atoms with Gasteiger partial charge in [-0.25, -0.2) is 0 Å². The molecule has 4 nitrogen and oxygen atoms in total. The monoisotopic (exact) mass is 277 g/mol. The maximum Gasteiger partial charge on any atom is 0.231 e. The summed E-state index contributed by atoms with van der Waals surface area (Å²) in [5.41, 5.74) is 7.26. The van der Waals surface area contributed by atoms with Gasteiger partial charge in [0.05, 0.1) is 0 Å². The first-order valence-electron chi connectivity index (χ1n) is 5.79. The van der Waals surface area contributed by atoms with Gasteiger partial charge in [0, 0.05) is 22.3 Å². The minimum atomic E-state index is 0.246. The number of halogens is 1. The number of nitrogens with two attached hydrogens (primary N) is 1. The molecule has 0 fully saturated rings. The van der Waals surface area contributed by atoms with E-state index in [1.54, 1.807) is 18.2 Å². The lowest BCUT2D eigenvalue weighted by molar-refractivity contribution is 0.173. The van der Waals surface area contributed by atoms with Crippen LogP contribution in [0.2, 0.25) is 5.02 Å². The summed E-state index contributed by atoms with van der Waals surface area (Å²) in [6.07, 6.45) is 0. The van der Waals surface area contributed by atoms with Gasteiger partial charge in [-0.1, -0.05) is 17.7 Å². The normalized spacial score (nSPS) is 12.5. The van der Waals surface area contributed by atoms with Crippen LogP contribution in [0.15, 0.2) is 36.4 Å². The highest BCUT2D eigenvalue weighted by Crippen LogP contribution is 2.35. The predicted molar refractivity (Wildman–Crippen MR) is 72.8 cm³/mol. The molecule has 0 bridgehead atoms. The van der Waals surface area contributed by atoms with E-state index >= 15 is 0 Å². The van der Waals surface area contributed by atoms with Crippen molar-refractivity contribution in [3.8, 4) is 17.2 Å². The molecule has 1 aliphatic rings. The molecule has 2 aromatic rings. The SMILES string of the molecule is Nc1cccc(Cl)c1COc1ccc2c(c1)OCO2. The lowest BCUT2D eigenvalue weighted by Gasteiger charge is -2.10. The Morgan fingerprint density at radius 2 is 2.00 bits per heavy atom. The summed E-state index contributed by atoms with van der Waals surface area (Å²) in [4.78, 5) is 0. The van der Waals surface area contributed by atoms with Crippen LogP contribution in [0.1, 0.15) is 5.56 Å².